The third kappa shape index (κ3) is 1.91. The summed E-state index contributed by atoms with van der Waals surface area (Å²) in [5.74, 6) is 3.04. The summed E-state index contributed by atoms with van der Waals surface area (Å²) < 4.78 is 0. The van der Waals surface area contributed by atoms with E-state index >= 15 is 0 Å². The van der Waals surface area contributed by atoms with Gasteiger partial charge in [0.2, 0.25) is 0 Å². The molecule has 2 heteroatoms. The molecule has 3 rings (SSSR count). The number of piperidine rings is 1. The molecule has 1 saturated carbocycles. The second-order valence-electron chi connectivity index (χ2n) is 6.16. The van der Waals surface area contributed by atoms with E-state index in [-0.39, 0.29) is 0 Å². The van der Waals surface area contributed by atoms with E-state index in [9.17, 15) is 0 Å². The van der Waals surface area contributed by atoms with Crippen LogP contribution in [0, 0.1) is 17.8 Å². The summed E-state index contributed by atoms with van der Waals surface area (Å²) in [6.45, 7) is 7.65. The summed E-state index contributed by atoms with van der Waals surface area (Å²) in [6, 6.07) is 0.940. The summed E-state index contributed by atoms with van der Waals surface area (Å²) in [4.78, 5) is 2.81. The topological polar surface area (TPSA) is 15.3 Å². The van der Waals surface area contributed by atoms with Gasteiger partial charge in [0.1, 0.15) is 0 Å². The Labute approximate surface area is 99.8 Å². The van der Waals surface area contributed by atoms with Crippen molar-refractivity contribution in [1.82, 2.24) is 10.2 Å². The molecule has 2 aliphatic heterocycles. The highest BCUT2D eigenvalue weighted by Gasteiger charge is 2.42. The maximum absolute atomic E-state index is 3.60. The van der Waals surface area contributed by atoms with E-state index in [2.05, 4.69) is 17.1 Å². The van der Waals surface area contributed by atoms with Gasteiger partial charge in [-0.15, -0.1) is 0 Å². The van der Waals surface area contributed by atoms with Gasteiger partial charge in [-0.1, -0.05) is 6.92 Å². The molecule has 2 saturated heterocycles. The van der Waals surface area contributed by atoms with Crippen LogP contribution in [0.1, 0.15) is 39.0 Å². The number of fused-ring (bicyclic) bond motifs is 2. The van der Waals surface area contributed by atoms with E-state index in [0.29, 0.717) is 0 Å². The van der Waals surface area contributed by atoms with E-state index in [0.717, 1.165) is 23.8 Å². The van der Waals surface area contributed by atoms with Crippen LogP contribution in [-0.4, -0.2) is 37.1 Å². The molecule has 0 aromatic heterocycles. The van der Waals surface area contributed by atoms with E-state index in [1.165, 1.54) is 58.3 Å². The van der Waals surface area contributed by atoms with Gasteiger partial charge in [-0.05, 0) is 76.0 Å². The van der Waals surface area contributed by atoms with Gasteiger partial charge in [-0.2, -0.15) is 0 Å². The van der Waals surface area contributed by atoms with Crippen LogP contribution in [0.4, 0.5) is 0 Å². The Morgan fingerprint density at radius 3 is 2.75 bits per heavy atom. The van der Waals surface area contributed by atoms with E-state index in [1.54, 1.807) is 0 Å². The lowest BCUT2D eigenvalue weighted by molar-refractivity contribution is 0.0268. The second-order valence-corrected chi connectivity index (χ2v) is 6.16. The number of hydrogen-bond acceptors (Lipinski definition) is 2. The Kier molecular flexibility index (Phi) is 3.21. The Morgan fingerprint density at radius 1 is 1.12 bits per heavy atom. The molecular weight excluding hydrogens is 196 g/mol. The SMILES string of the molecule is CCCN1CCCC2C[C@@H]3CNC[C@H]3CC21. The molecule has 2 nitrogen and oxygen atoms in total. The highest BCUT2D eigenvalue weighted by molar-refractivity contribution is 4.96. The first-order valence-electron chi connectivity index (χ1n) is 7.33. The largest absolute Gasteiger partial charge is 0.316 e. The number of likely N-dealkylation sites (tertiary alicyclic amines) is 1. The van der Waals surface area contributed by atoms with Crippen LogP contribution in [0.15, 0.2) is 0 Å². The predicted octanol–water partition coefficient (Wildman–Crippen LogP) is 2.11. The molecule has 16 heavy (non-hydrogen) atoms. The van der Waals surface area contributed by atoms with Gasteiger partial charge >= 0.3 is 0 Å². The van der Waals surface area contributed by atoms with Crippen molar-refractivity contribution in [2.75, 3.05) is 26.2 Å². The number of rotatable bonds is 2. The molecule has 0 radical (unpaired) electrons. The van der Waals surface area contributed by atoms with Crippen LogP contribution in [0.5, 0.6) is 0 Å². The molecule has 92 valence electrons. The number of nitrogens with zero attached hydrogens (tertiary/aromatic N) is 1. The quantitative estimate of drug-likeness (QED) is 0.770. The second kappa shape index (κ2) is 4.66. The smallest absolute Gasteiger partial charge is 0.0127 e. The van der Waals surface area contributed by atoms with Gasteiger partial charge < -0.3 is 10.2 Å². The molecule has 3 aliphatic rings. The summed E-state index contributed by atoms with van der Waals surface area (Å²) in [7, 11) is 0. The molecule has 1 aliphatic carbocycles. The molecule has 0 amide bonds. The zero-order chi connectivity index (χ0) is 11.0. The predicted molar refractivity (Wildman–Crippen MR) is 67.5 cm³/mol. The minimum Gasteiger partial charge on any atom is -0.316 e. The zero-order valence-corrected chi connectivity index (χ0v) is 10.6. The third-order valence-corrected chi connectivity index (χ3v) is 5.17. The molecule has 0 aromatic carbocycles. The lowest BCUT2D eigenvalue weighted by Crippen LogP contribution is -2.50. The monoisotopic (exact) mass is 222 g/mol. The number of hydrogen-bond donors (Lipinski definition) is 1. The molecule has 3 fully saturated rings. The molecule has 1 N–H and O–H groups in total. The Hall–Kier alpha value is -0.0800. The highest BCUT2D eigenvalue weighted by Crippen LogP contribution is 2.42. The van der Waals surface area contributed by atoms with E-state index < -0.39 is 0 Å². The van der Waals surface area contributed by atoms with Crippen molar-refractivity contribution < 1.29 is 0 Å². The standard InChI is InChI=1S/C14H26N2/c1-2-5-16-6-3-4-11-7-12-9-15-10-13(12)8-14(11)16/h11-15H,2-10H2,1H3/t11?,12-,13-,14?/m1/s1. The van der Waals surface area contributed by atoms with Crippen molar-refractivity contribution in [2.45, 2.75) is 45.1 Å². The van der Waals surface area contributed by atoms with E-state index in [1.807, 2.05) is 0 Å². The van der Waals surface area contributed by atoms with Crippen molar-refractivity contribution in [3.63, 3.8) is 0 Å². The van der Waals surface area contributed by atoms with Crippen molar-refractivity contribution >= 4 is 0 Å². The van der Waals surface area contributed by atoms with Crippen LogP contribution in [0.2, 0.25) is 0 Å². The summed E-state index contributed by atoms with van der Waals surface area (Å²) in [6.07, 6.45) is 7.29. The summed E-state index contributed by atoms with van der Waals surface area (Å²) in [5, 5.41) is 3.60. The maximum atomic E-state index is 3.60. The number of nitrogens with one attached hydrogen (secondary N) is 1. The van der Waals surface area contributed by atoms with Crippen molar-refractivity contribution in [2.24, 2.45) is 17.8 Å². The first kappa shape index (κ1) is 11.0. The lowest BCUT2D eigenvalue weighted by Gasteiger charge is -2.47. The van der Waals surface area contributed by atoms with Gasteiger partial charge in [0.15, 0.2) is 0 Å². The molecule has 2 heterocycles. The summed E-state index contributed by atoms with van der Waals surface area (Å²) in [5.41, 5.74) is 0. The minimum absolute atomic E-state index is 0.940. The maximum Gasteiger partial charge on any atom is 0.0127 e. The first-order valence-corrected chi connectivity index (χ1v) is 7.33. The normalized spacial score (nSPS) is 44.1. The van der Waals surface area contributed by atoms with Crippen molar-refractivity contribution in [3.05, 3.63) is 0 Å². The van der Waals surface area contributed by atoms with Gasteiger partial charge in [-0.3, -0.25) is 0 Å². The molecule has 4 atom stereocenters. The minimum atomic E-state index is 0.940. The first-order chi connectivity index (χ1) is 7.88. The Balaban J connectivity index is 1.69. The fourth-order valence-electron chi connectivity index (χ4n) is 4.43. The van der Waals surface area contributed by atoms with Crippen LogP contribution in [0.3, 0.4) is 0 Å². The van der Waals surface area contributed by atoms with Crippen LogP contribution >= 0.6 is 0 Å². The van der Waals surface area contributed by atoms with Gasteiger partial charge in [0.05, 0.1) is 0 Å². The van der Waals surface area contributed by atoms with E-state index in [4.69, 9.17) is 0 Å². The Morgan fingerprint density at radius 2 is 1.94 bits per heavy atom. The average Bonchev–Trinajstić information content (AvgIpc) is 2.74. The molecule has 2 unspecified atom stereocenters. The fraction of sp³-hybridized carbons (Fsp3) is 1.00. The molecule has 0 bridgehead atoms. The van der Waals surface area contributed by atoms with Gasteiger partial charge in [-0.25, -0.2) is 0 Å². The highest BCUT2D eigenvalue weighted by atomic mass is 15.2. The fourth-order valence-corrected chi connectivity index (χ4v) is 4.43. The zero-order valence-electron chi connectivity index (χ0n) is 10.6. The third-order valence-electron chi connectivity index (χ3n) is 5.17. The lowest BCUT2D eigenvalue weighted by atomic mass is 9.69. The van der Waals surface area contributed by atoms with Gasteiger partial charge in [0.25, 0.3) is 0 Å². The van der Waals surface area contributed by atoms with Crippen molar-refractivity contribution in [1.29, 1.82) is 0 Å². The molecule has 0 spiro atoms. The van der Waals surface area contributed by atoms with Gasteiger partial charge in [0, 0.05) is 6.04 Å². The average molecular weight is 222 g/mol. The van der Waals surface area contributed by atoms with Crippen LogP contribution in [-0.2, 0) is 0 Å². The molecular formula is C14H26N2. The summed E-state index contributed by atoms with van der Waals surface area (Å²) >= 11 is 0. The Bertz CT molecular complexity index is 239. The van der Waals surface area contributed by atoms with Crippen LogP contribution in [0.25, 0.3) is 0 Å². The molecule has 0 aromatic rings. The van der Waals surface area contributed by atoms with Crippen LogP contribution < -0.4 is 5.32 Å². The van der Waals surface area contributed by atoms with Crippen molar-refractivity contribution in [3.8, 4) is 0 Å².